The summed E-state index contributed by atoms with van der Waals surface area (Å²) in [5, 5.41) is 11.9. The summed E-state index contributed by atoms with van der Waals surface area (Å²) in [5.74, 6) is 3.44. The van der Waals surface area contributed by atoms with Crippen LogP contribution in [0.25, 0.3) is 0 Å². The van der Waals surface area contributed by atoms with Crippen LogP contribution in [0.4, 0.5) is 0 Å². The van der Waals surface area contributed by atoms with Gasteiger partial charge in [-0.3, -0.25) is 4.90 Å². The summed E-state index contributed by atoms with van der Waals surface area (Å²) in [6.07, 6.45) is 18.2. The standard InChI is InChI=1S/C32H45NO5/c1-19-10-8-11-22(16-19)27(34)24-13-9-12-23-26-20(2)29(30-28(36-4)21(3)31(35)38-30)37-25(26)17-32(18-33(23)24)14-6-5-7-15-32/h8,11,17,19-20,22-24,26-27,34H,5-7,9-10,12-16,18H2,1-4H3. The number of rotatable bonds is 3. The van der Waals surface area contributed by atoms with Gasteiger partial charge in [0.15, 0.2) is 11.5 Å². The molecule has 6 heteroatoms. The number of hydrogen-bond acceptors (Lipinski definition) is 6. The fourth-order valence-corrected chi connectivity index (χ4v) is 8.52. The Hall–Kier alpha value is -2.05. The summed E-state index contributed by atoms with van der Waals surface area (Å²) in [6, 6.07) is 0.451. The fourth-order valence-electron chi connectivity index (χ4n) is 8.52. The van der Waals surface area contributed by atoms with Crippen LogP contribution in [-0.2, 0) is 19.0 Å². The molecule has 2 aliphatic carbocycles. The molecule has 0 aromatic heterocycles. The van der Waals surface area contributed by atoms with E-state index in [1.165, 1.54) is 19.3 Å². The molecule has 7 atom stereocenters. The minimum atomic E-state index is -0.359. The third kappa shape index (κ3) is 4.36. The van der Waals surface area contributed by atoms with Crippen LogP contribution >= 0.6 is 0 Å². The van der Waals surface area contributed by atoms with Crippen LogP contribution in [0, 0.1) is 29.1 Å². The van der Waals surface area contributed by atoms with Gasteiger partial charge in [-0.05, 0) is 57.4 Å². The lowest BCUT2D eigenvalue weighted by molar-refractivity contribution is -0.133. The molecular formula is C32H45NO5. The highest BCUT2D eigenvalue weighted by molar-refractivity contribution is 5.93. The number of aliphatic hydroxyl groups is 1. The molecular weight excluding hydrogens is 478 g/mol. The molecule has 4 heterocycles. The molecule has 6 nitrogen and oxygen atoms in total. The zero-order valence-corrected chi connectivity index (χ0v) is 23.6. The van der Waals surface area contributed by atoms with Gasteiger partial charge in [-0.25, -0.2) is 4.79 Å². The van der Waals surface area contributed by atoms with E-state index in [9.17, 15) is 9.90 Å². The molecule has 208 valence electrons. The fraction of sp³-hybridized carbons (Fsp3) is 0.719. The van der Waals surface area contributed by atoms with Crippen molar-refractivity contribution in [2.24, 2.45) is 29.1 Å². The average Bonchev–Trinajstić information content (AvgIpc) is 3.33. The Balaban J connectivity index is 1.40. The smallest absolute Gasteiger partial charge is 0.343 e. The van der Waals surface area contributed by atoms with Crippen LogP contribution in [-0.4, -0.2) is 47.8 Å². The molecule has 6 aliphatic rings. The number of carbonyl (C=O) groups excluding carboxylic acids is 1. The lowest BCUT2D eigenvalue weighted by Crippen LogP contribution is -2.58. The normalized spacial score (nSPS) is 39.7. The molecule has 0 aromatic rings. The molecule has 0 radical (unpaired) electrons. The van der Waals surface area contributed by atoms with Gasteiger partial charge in [0.25, 0.3) is 0 Å². The molecule has 0 aromatic carbocycles. The number of allylic oxidation sites excluding steroid dienone is 2. The van der Waals surface area contributed by atoms with Crippen molar-refractivity contribution < 1.29 is 24.1 Å². The summed E-state index contributed by atoms with van der Waals surface area (Å²) in [5.41, 5.74) is 0.557. The largest absolute Gasteiger partial charge is 0.492 e. The van der Waals surface area contributed by atoms with E-state index < -0.39 is 0 Å². The molecule has 0 amide bonds. The lowest BCUT2D eigenvalue weighted by Gasteiger charge is -2.50. The molecule has 3 fully saturated rings. The number of piperidine rings is 1. The zero-order chi connectivity index (χ0) is 26.6. The third-order valence-electron chi connectivity index (χ3n) is 10.5. The second-order valence-corrected chi connectivity index (χ2v) is 13.0. The maximum Gasteiger partial charge on any atom is 0.343 e. The first-order chi connectivity index (χ1) is 18.3. The molecule has 7 unspecified atom stereocenters. The second-order valence-electron chi connectivity index (χ2n) is 13.0. The van der Waals surface area contributed by atoms with Gasteiger partial charge < -0.3 is 19.3 Å². The van der Waals surface area contributed by atoms with Crippen LogP contribution in [0.1, 0.15) is 85.0 Å². The molecule has 1 N–H and O–H groups in total. The van der Waals surface area contributed by atoms with Crippen molar-refractivity contribution in [3.05, 3.63) is 46.8 Å². The summed E-state index contributed by atoms with van der Waals surface area (Å²) in [6.45, 7) is 7.27. The Morgan fingerprint density at radius 1 is 1.13 bits per heavy atom. The van der Waals surface area contributed by atoms with Crippen molar-refractivity contribution in [3.8, 4) is 0 Å². The number of esters is 1. The van der Waals surface area contributed by atoms with Crippen LogP contribution in [0.5, 0.6) is 0 Å². The van der Waals surface area contributed by atoms with E-state index in [-0.39, 0.29) is 41.3 Å². The monoisotopic (exact) mass is 523 g/mol. The number of nitrogens with zero attached hydrogens (tertiary/aromatic N) is 1. The van der Waals surface area contributed by atoms with E-state index in [1.807, 2.05) is 0 Å². The minimum Gasteiger partial charge on any atom is -0.492 e. The van der Waals surface area contributed by atoms with Crippen molar-refractivity contribution in [2.45, 2.75) is 103 Å². The molecule has 38 heavy (non-hydrogen) atoms. The predicted molar refractivity (Wildman–Crippen MR) is 145 cm³/mol. The first-order valence-electron chi connectivity index (χ1n) is 15.0. The second kappa shape index (κ2) is 10.2. The number of carbonyl (C=O) groups is 1. The molecule has 1 spiro atoms. The number of ether oxygens (including phenoxy) is 3. The summed E-state index contributed by atoms with van der Waals surface area (Å²) >= 11 is 0. The number of cyclic esters (lactones) is 1. The SMILES string of the molecule is COC1=C(C)C(=O)OC1=C1OC2=CC3(CCCCC3)CN3C(C(O)C4C=CCC(C)C4)CCCC3C2C1C. The maximum absolute atomic E-state index is 12.4. The molecule has 4 aliphatic heterocycles. The van der Waals surface area contributed by atoms with Crippen molar-refractivity contribution in [1.82, 2.24) is 4.90 Å². The Kier molecular flexibility index (Phi) is 7.01. The van der Waals surface area contributed by atoms with Gasteiger partial charge in [0.2, 0.25) is 5.76 Å². The highest BCUT2D eigenvalue weighted by Gasteiger charge is 2.53. The Bertz CT molecular complexity index is 1080. The van der Waals surface area contributed by atoms with Crippen molar-refractivity contribution in [2.75, 3.05) is 13.7 Å². The van der Waals surface area contributed by atoms with Crippen LogP contribution in [0.2, 0.25) is 0 Å². The Morgan fingerprint density at radius 3 is 2.66 bits per heavy atom. The Labute approximate surface area is 227 Å². The van der Waals surface area contributed by atoms with E-state index in [1.54, 1.807) is 14.0 Å². The molecule has 1 saturated carbocycles. The first kappa shape index (κ1) is 26.2. The van der Waals surface area contributed by atoms with Gasteiger partial charge in [0.05, 0.1) is 18.8 Å². The topological polar surface area (TPSA) is 68.2 Å². The van der Waals surface area contributed by atoms with Crippen LogP contribution in [0.15, 0.2) is 46.8 Å². The van der Waals surface area contributed by atoms with Gasteiger partial charge >= 0.3 is 5.97 Å². The van der Waals surface area contributed by atoms with Crippen molar-refractivity contribution in [3.63, 3.8) is 0 Å². The van der Waals surface area contributed by atoms with E-state index in [2.05, 4.69) is 37.0 Å². The van der Waals surface area contributed by atoms with Crippen LogP contribution in [0.3, 0.4) is 0 Å². The third-order valence-corrected chi connectivity index (χ3v) is 10.5. The maximum atomic E-state index is 12.4. The van der Waals surface area contributed by atoms with Gasteiger partial charge in [0, 0.05) is 41.8 Å². The highest BCUT2D eigenvalue weighted by atomic mass is 16.6. The quantitative estimate of drug-likeness (QED) is 0.362. The van der Waals surface area contributed by atoms with E-state index in [0.29, 0.717) is 29.1 Å². The van der Waals surface area contributed by atoms with E-state index >= 15 is 0 Å². The van der Waals surface area contributed by atoms with Gasteiger partial charge in [-0.15, -0.1) is 0 Å². The van der Waals surface area contributed by atoms with Crippen LogP contribution < -0.4 is 0 Å². The summed E-state index contributed by atoms with van der Waals surface area (Å²) in [7, 11) is 1.59. The molecule has 2 saturated heterocycles. The van der Waals surface area contributed by atoms with E-state index in [0.717, 1.165) is 63.0 Å². The van der Waals surface area contributed by atoms with Gasteiger partial charge in [-0.1, -0.05) is 51.7 Å². The molecule has 0 bridgehead atoms. The van der Waals surface area contributed by atoms with Gasteiger partial charge in [0.1, 0.15) is 5.76 Å². The molecule has 6 rings (SSSR count). The zero-order valence-electron chi connectivity index (χ0n) is 23.6. The summed E-state index contributed by atoms with van der Waals surface area (Å²) in [4.78, 5) is 15.2. The predicted octanol–water partition coefficient (Wildman–Crippen LogP) is 5.99. The first-order valence-corrected chi connectivity index (χ1v) is 15.0. The minimum absolute atomic E-state index is 0.0526. The lowest BCUT2D eigenvalue weighted by atomic mass is 9.72. The number of fused-ring (bicyclic) bond motifs is 3. The Morgan fingerprint density at radius 2 is 1.92 bits per heavy atom. The number of aliphatic hydroxyl groups excluding tert-OH is 1. The number of hydrogen-bond donors (Lipinski definition) is 1. The van der Waals surface area contributed by atoms with Gasteiger partial charge in [-0.2, -0.15) is 0 Å². The highest BCUT2D eigenvalue weighted by Crippen LogP contribution is 2.54. The number of methoxy groups -OCH3 is 1. The summed E-state index contributed by atoms with van der Waals surface area (Å²) < 4.78 is 18.1. The van der Waals surface area contributed by atoms with Crippen molar-refractivity contribution in [1.29, 1.82) is 0 Å². The average molecular weight is 524 g/mol. The van der Waals surface area contributed by atoms with E-state index in [4.69, 9.17) is 14.2 Å². The van der Waals surface area contributed by atoms with Crippen molar-refractivity contribution >= 4 is 5.97 Å².